The lowest BCUT2D eigenvalue weighted by Gasteiger charge is -2.26. The highest BCUT2D eigenvalue weighted by Gasteiger charge is 2.36. The standard InChI is InChI=1S/C22H22Cl2N2O4/c1-13(16-8-6-15(23)12-19(16)24)25(2)20(27)14-5-7-17-18(11-14)22(29)26(21(17)28)9-4-10-30-3/h5-8,11-13H,4,9-10H2,1-3H3/t13-/m1/s1. The van der Waals surface area contributed by atoms with Gasteiger partial charge in [0.05, 0.1) is 17.2 Å². The van der Waals surface area contributed by atoms with Crippen molar-refractivity contribution < 1.29 is 19.1 Å². The molecule has 2 aromatic rings. The first-order valence-electron chi connectivity index (χ1n) is 9.47. The van der Waals surface area contributed by atoms with Gasteiger partial charge in [0.25, 0.3) is 17.7 Å². The maximum absolute atomic E-state index is 13.0. The summed E-state index contributed by atoms with van der Waals surface area (Å²) in [5.41, 5.74) is 1.64. The molecule has 0 N–H and O–H groups in total. The molecule has 1 aliphatic rings. The molecule has 0 aromatic heterocycles. The number of fused-ring (bicyclic) bond motifs is 1. The Kier molecular flexibility index (Phi) is 6.81. The van der Waals surface area contributed by atoms with Crippen LogP contribution in [0.3, 0.4) is 0 Å². The predicted octanol–water partition coefficient (Wildman–Crippen LogP) is 4.46. The zero-order chi connectivity index (χ0) is 22.0. The van der Waals surface area contributed by atoms with Gasteiger partial charge in [0.2, 0.25) is 0 Å². The van der Waals surface area contributed by atoms with Gasteiger partial charge in [-0.1, -0.05) is 29.3 Å². The minimum atomic E-state index is -0.391. The summed E-state index contributed by atoms with van der Waals surface area (Å²) in [6.45, 7) is 2.58. The van der Waals surface area contributed by atoms with Crippen LogP contribution < -0.4 is 0 Å². The summed E-state index contributed by atoms with van der Waals surface area (Å²) < 4.78 is 4.98. The number of amides is 3. The third kappa shape index (κ3) is 4.21. The van der Waals surface area contributed by atoms with E-state index < -0.39 is 5.91 Å². The lowest BCUT2D eigenvalue weighted by molar-refractivity contribution is 0.0638. The Morgan fingerprint density at radius 3 is 2.47 bits per heavy atom. The van der Waals surface area contributed by atoms with Crippen molar-refractivity contribution in [3.8, 4) is 0 Å². The van der Waals surface area contributed by atoms with Gasteiger partial charge in [0.1, 0.15) is 0 Å². The van der Waals surface area contributed by atoms with Crippen molar-refractivity contribution in [1.82, 2.24) is 9.80 Å². The highest BCUT2D eigenvalue weighted by molar-refractivity contribution is 6.35. The van der Waals surface area contributed by atoms with E-state index in [1.807, 2.05) is 6.92 Å². The number of imide groups is 1. The van der Waals surface area contributed by atoms with E-state index in [1.165, 1.54) is 21.9 Å². The van der Waals surface area contributed by atoms with E-state index in [1.54, 1.807) is 38.4 Å². The second kappa shape index (κ2) is 9.16. The topological polar surface area (TPSA) is 66.9 Å². The lowest BCUT2D eigenvalue weighted by atomic mass is 10.0. The van der Waals surface area contributed by atoms with Gasteiger partial charge in [0.15, 0.2) is 0 Å². The molecule has 1 heterocycles. The molecule has 0 spiro atoms. The molecule has 30 heavy (non-hydrogen) atoms. The van der Waals surface area contributed by atoms with Gasteiger partial charge in [-0.25, -0.2) is 0 Å². The third-order valence-electron chi connectivity index (χ3n) is 5.26. The van der Waals surface area contributed by atoms with Crippen molar-refractivity contribution in [2.75, 3.05) is 27.3 Å². The van der Waals surface area contributed by atoms with Crippen molar-refractivity contribution in [3.05, 3.63) is 68.7 Å². The molecule has 3 amide bonds. The minimum absolute atomic E-state index is 0.244. The third-order valence-corrected chi connectivity index (χ3v) is 5.82. The minimum Gasteiger partial charge on any atom is -0.385 e. The highest BCUT2D eigenvalue weighted by atomic mass is 35.5. The summed E-state index contributed by atoms with van der Waals surface area (Å²) >= 11 is 12.2. The van der Waals surface area contributed by atoms with E-state index in [2.05, 4.69) is 0 Å². The SMILES string of the molecule is COCCCN1C(=O)c2ccc(C(=O)N(C)[C@H](C)c3ccc(Cl)cc3Cl)cc2C1=O. The van der Waals surface area contributed by atoms with E-state index in [0.29, 0.717) is 34.2 Å². The number of benzene rings is 2. The Hall–Kier alpha value is -2.41. The predicted molar refractivity (Wildman–Crippen MR) is 115 cm³/mol. The van der Waals surface area contributed by atoms with Crippen molar-refractivity contribution in [1.29, 1.82) is 0 Å². The van der Waals surface area contributed by atoms with E-state index in [4.69, 9.17) is 27.9 Å². The van der Waals surface area contributed by atoms with E-state index >= 15 is 0 Å². The van der Waals surface area contributed by atoms with Gasteiger partial charge in [-0.15, -0.1) is 0 Å². The highest BCUT2D eigenvalue weighted by Crippen LogP contribution is 2.31. The van der Waals surface area contributed by atoms with Crippen LogP contribution in [0.4, 0.5) is 0 Å². The van der Waals surface area contributed by atoms with E-state index in [0.717, 1.165) is 5.56 Å². The molecule has 158 valence electrons. The molecule has 2 aromatic carbocycles. The van der Waals surface area contributed by atoms with Crippen molar-refractivity contribution in [2.24, 2.45) is 0 Å². The largest absolute Gasteiger partial charge is 0.385 e. The Bertz CT molecular complexity index is 1010. The first-order valence-corrected chi connectivity index (χ1v) is 10.2. The van der Waals surface area contributed by atoms with E-state index in [-0.39, 0.29) is 30.0 Å². The number of halogens is 2. The van der Waals surface area contributed by atoms with Crippen LogP contribution in [0, 0.1) is 0 Å². The van der Waals surface area contributed by atoms with Crippen LogP contribution in [0.2, 0.25) is 10.0 Å². The fourth-order valence-electron chi connectivity index (χ4n) is 3.42. The molecular weight excluding hydrogens is 427 g/mol. The average molecular weight is 449 g/mol. The van der Waals surface area contributed by atoms with Gasteiger partial charge in [-0.3, -0.25) is 19.3 Å². The Labute approximate surface area is 185 Å². The molecule has 1 atom stereocenters. The number of nitrogens with zero attached hydrogens (tertiary/aromatic N) is 2. The van der Waals surface area contributed by atoms with Gasteiger partial charge >= 0.3 is 0 Å². The summed E-state index contributed by atoms with van der Waals surface area (Å²) in [4.78, 5) is 41.0. The monoisotopic (exact) mass is 448 g/mol. The van der Waals surface area contributed by atoms with Crippen LogP contribution in [0.5, 0.6) is 0 Å². The Balaban J connectivity index is 1.82. The molecule has 0 bridgehead atoms. The zero-order valence-electron chi connectivity index (χ0n) is 16.9. The van der Waals surface area contributed by atoms with Gasteiger partial charge in [-0.2, -0.15) is 0 Å². The van der Waals surface area contributed by atoms with E-state index in [9.17, 15) is 14.4 Å². The van der Waals surface area contributed by atoms with Crippen LogP contribution in [0.15, 0.2) is 36.4 Å². The molecule has 0 saturated heterocycles. The summed E-state index contributed by atoms with van der Waals surface area (Å²) in [6.07, 6.45) is 0.551. The molecule has 0 radical (unpaired) electrons. The van der Waals surface area contributed by atoms with Crippen LogP contribution in [0.25, 0.3) is 0 Å². The van der Waals surface area contributed by atoms with Gasteiger partial charge in [0, 0.05) is 42.9 Å². The molecule has 6 nitrogen and oxygen atoms in total. The van der Waals surface area contributed by atoms with Gasteiger partial charge < -0.3 is 9.64 Å². The number of hydrogen-bond donors (Lipinski definition) is 0. The van der Waals surface area contributed by atoms with Crippen molar-refractivity contribution in [2.45, 2.75) is 19.4 Å². The lowest BCUT2D eigenvalue weighted by Crippen LogP contribution is -2.31. The first-order chi connectivity index (χ1) is 14.3. The normalized spacial score (nSPS) is 14.1. The van der Waals surface area contributed by atoms with Crippen LogP contribution in [-0.4, -0.2) is 54.8 Å². The molecule has 8 heteroatoms. The Morgan fingerprint density at radius 2 is 1.80 bits per heavy atom. The summed E-state index contributed by atoms with van der Waals surface area (Å²) in [7, 11) is 3.23. The summed E-state index contributed by atoms with van der Waals surface area (Å²) in [5.74, 6) is -1.02. The zero-order valence-corrected chi connectivity index (χ0v) is 18.5. The fraction of sp³-hybridized carbons (Fsp3) is 0.318. The number of carbonyl (C=O) groups excluding carboxylic acids is 3. The fourth-order valence-corrected chi connectivity index (χ4v) is 3.99. The average Bonchev–Trinajstić information content (AvgIpc) is 2.96. The first kappa shape index (κ1) is 22.3. The van der Waals surface area contributed by atoms with Crippen LogP contribution in [0.1, 0.15) is 56.0 Å². The molecule has 0 unspecified atom stereocenters. The summed E-state index contributed by atoms with van der Waals surface area (Å²) in [5, 5.41) is 0.984. The summed E-state index contributed by atoms with van der Waals surface area (Å²) in [6, 6.07) is 9.40. The molecular formula is C22H22Cl2N2O4. The molecule has 1 aliphatic heterocycles. The maximum Gasteiger partial charge on any atom is 0.261 e. The Morgan fingerprint density at radius 1 is 1.10 bits per heavy atom. The molecule has 3 rings (SSSR count). The van der Waals surface area contributed by atoms with Crippen LogP contribution >= 0.6 is 23.2 Å². The quantitative estimate of drug-likeness (QED) is 0.463. The van der Waals surface area contributed by atoms with Crippen LogP contribution in [-0.2, 0) is 4.74 Å². The number of hydrogen-bond acceptors (Lipinski definition) is 4. The number of ether oxygens (including phenoxy) is 1. The number of carbonyl (C=O) groups is 3. The maximum atomic E-state index is 13.0. The second-order valence-corrected chi connectivity index (χ2v) is 7.97. The molecule has 0 aliphatic carbocycles. The number of methoxy groups -OCH3 is 1. The molecule has 0 fully saturated rings. The van der Waals surface area contributed by atoms with Gasteiger partial charge in [-0.05, 0) is 49.2 Å². The van der Waals surface area contributed by atoms with Crippen molar-refractivity contribution in [3.63, 3.8) is 0 Å². The second-order valence-electron chi connectivity index (χ2n) is 7.13. The molecule has 0 saturated carbocycles. The smallest absolute Gasteiger partial charge is 0.261 e. The van der Waals surface area contributed by atoms with Crippen molar-refractivity contribution >= 4 is 40.9 Å². The number of rotatable bonds is 7.